The molecule has 0 radical (unpaired) electrons. The summed E-state index contributed by atoms with van der Waals surface area (Å²) >= 11 is 5.55. The van der Waals surface area contributed by atoms with Gasteiger partial charge in [-0.3, -0.25) is 19.4 Å². The van der Waals surface area contributed by atoms with Crippen molar-refractivity contribution in [3.63, 3.8) is 0 Å². The van der Waals surface area contributed by atoms with E-state index in [-0.39, 0.29) is 16.6 Å². The van der Waals surface area contributed by atoms with Crippen molar-refractivity contribution in [1.82, 2.24) is 9.47 Å². The minimum atomic E-state index is -0.392. The number of nitrogens with zero attached hydrogens (tertiary/aromatic N) is 3. The van der Waals surface area contributed by atoms with E-state index in [2.05, 4.69) is 11.5 Å². The zero-order valence-electron chi connectivity index (χ0n) is 17.0. The topological polar surface area (TPSA) is 45.6 Å². The number of carbonyl (C=O) groups is 2. The van der Waals surface area contributed by atoms with Gasteiger partial charge in [-0.2, -0.15) is 0 Å². The van der Waals surface area contributed by atoms with Crippen LogP contribution in [-0.2, 0) is 16.1 Å². The lowest BCUT2D eigenvalue weighted by Gasteiger charge is -2.36. The van der Waals surface area contributed by atoms with Gasteiger partial charge in [-0.25, -0.2) is 0 Å². The van der Waals surface area contributed by atoms with E-state index in [1.165, 1.54) is 9.80 Å². The maximum atomic E-state index is 13.4. The van der Waals surface area contributed by atoms with Crippen LogP contribution in [-0.4, -0.2) is 32.9 Å². The largest absolute Gasteiger partial charge is 0.347 e. The standard InChI is InChI=1S/C24H23N3O2S/c1-3-14-26-22(28)20(23(29)27(24(26)30)18-10-6-5-7-11-18)15-17-16-25(4-2)21-13-9-8-12-19(17)21/h5-13,15-16H,3-4,14H2,1-2H3/b20-15+. The average Bonchev–Trinajstić information content (AvgIpc) is 3.13. The summed E-state index contributed by atoms with van der Waals surface area (Å²) in [5.74, 6) is -0.732. The van der Waals surface area contributed by atoms with E-state index in [9.17, 15) is 9.59 Å². The second-order valence-corrected chi connectivity index (χ2v) is 7.53. The third kappa shape index (κ3) is 3.33. The van der Waals surface area contributed by atoms with E-state index in [4.69, 9.17) is 12.2 Å². The predicted molar refractivity (Wildman–Crippen MR) is 124 cm³/mol. The molecule has 2 amide bonds. The molecule has 0 saturated carbocycles. The van der Waals surface area contributed by atoms with Crippen LogP contribution in [0.2, 0.25) is 0 Å². The fraction of sp³-hybridized carbons (Fsp3) is 0.208. The number of thiocarbonyl (C=S) groups is 1. The van der Waals surface area contributed by atoms with Crippen molar-refractivity contribution in [2.24, 2.45) is 0 Å². The first-order chi connectivity index (χ1) is 14.6. The molecule has 1 aliphatic heterocycles. The molecule has 0 unspecified atom stereocenters. The van der Waals surface area contributed by atoms with Crippen molar-refractivity contribution in [1.29, 1.82) is 0 Å². The van der Waals surface area contributed by atoms with Gasteiger partial charge in [0.1, 0.15) is 5.57 Å². The Bertz CT molecular complexity index is 1160. The molecule has 0 bridgehead atoms. The number of carbonyl (C=O) groups excluding carboxylic acids is 2. The molecule has 0 atom stereocenters. The van der Waals surface area contributed by atoms with Gasteiger partial charge in [0.2, 0.25) is 0 Å². The lowest BCUT2D eigenvalue weighted by molar-refractivity contribution is -0.127. The zero-order valence-corrected chi connectivity index (χ0v) is 17.9. The average molecular weight is 418 g/mol. The van der Waals surface area contributed by atoms with Crippen LogP contribution in [0.4, 0.5) is 5.69 Å². The Morgan fingerprint density at radius 3 is 2.33 bits per heavy atom. The molecule has 30 heavy (non-hydrogen) atoms. The SMILES string of the molecule is CCCN1C(=O)/C(=C\c2cn(CC)c3ccccc23)C(=O)N(c2ccccc2)C1=S. The second kappa shape index (κ2) is 8.24. The Hall–Kier alpha value is -3.25. The first-order valence-electron chi connectivity index (χ1n) is 10.1. The number of para-hydroxylation sites is 2. The highest BCUT2D eigenvalue weighted by molar-refractivity contribution is 7.80. The van der Waals surface area contributed by atoms with E-state index in [1.54, 1.807) is 6.08 Å². The van der Waals surface area contributed by atoms with Crippen LogP contribution in [0.25, 0.3) is 17.0 Å². The van der Waals surface area contributed by atoms with Crippen molar-refractivity contribution in [2.45, 2.75) is 26.8 Å². The fourth-order valence-electron chi connectivity index (χ4n) is 3.81. The molecule has 5 nitrogen and oxygen atoms in total. The van der Waals surface area contributed by atoms with Gasteiger partial charge in [-0.1, -0.05) is 43.3 Å². The van der Waals surface area contributed by atoms with Gasteiger partial charge in [0.05, 0.1) is 5.69 Å². The monoisotopic (exact) mass is 417 g/mol. The Labute approximate surface area is 181 Å². The van der Waals surface area contributed by atoms with Crippen molar-refractivity contribution < 1.29 is 9.59 Å². The molecule has 1 fully saturated rings. The van der Waals surface area contributed by atoms with E-state index < -0.39 is 5.91 Å². The molecule has 4 rings (SSSR count). The molecule has 0 spiro atoms. The Morgan fingerprint density at radius 1 is 0.933 bits per heavy atom. The molecule has 6 heteroatoms. The summed E-state index contributed by atoms with van der Waals surface area (Å²) in [4.78, 5) is 29.7. The van der Waals surface area contributed by atoms with Gasteiger partial charge in [-0.05, 0) is 49.8 Å². The van der Waals surface area contributed by atoms with E-state index in [0.29, 0.717) is 12.2 Å². The van der Waals surface area contributed by atoms with Gasteiger partial charge in [0.15, 0.2) is 5.11 Å². The first kappa shape index (κ1) is 20.0. The lowest BCUT2D eigenvalue weighted by atomic mass is 10.0. The predicted octanol–water partition coefficient (Wildman–Crippen LogP) is 4.61. The molecule has 3 aromatic rings. The number of anilines is 1. The number of fused-ring (bicyclic) bond motifs is 1. The second-order valence-electron chi connectivity index (χ2n) is 7.16. The minimum absolute atomic E-state index is 0.125. The van der Waals surface area contributed by atoms with Gasteiger partial charge >= 0.3 is 0 Å². The summed E-state index contributed by atoms with van der Waals surface area (Å²) in [6.07, 6.45) is 4.44. The van der Waals surface area contributed by atoms with Crippen LogP contribution in [0.1, 0.15) is 25.8 Å². The minimum Gasteiger partial charge on any atom is -0.347 e. The molecular weight excluding hydrogens is 394 g/mol. The third-order valence-electron chi connectivity index (χ3n) is 5.25. The number of amides is 2. The molecule has 1 aliphatic rings. The number of hydrogen-bond donors (Lipinski definition) is 0. The summed E-state index contributed by atoms with van der Waals surface area (Å²) in [6, 6.07) is 17.2. The summed E-state index contributed by atoms with van der Waals surface area (Å²) in [7, 11) is 0. The van der Waals surface area contributed by atoms with Crippen LogP contribution in [0.5, 0.6) is 0 Å². The molecule has 152 valence electrons. The fourth-order valence-corrected chi connectivity index (χ4v) is 4.17. The third-order valence-corrected chi connectivity index (χ3v) is 5.66. The van der Waals surface area contributed by atoms with Crippen LogP contribution < -0.4 is 4.90 Å². The molecule has 1 saturated heterocycles. The summed E-state index contributed by atoms with van der Waals surface area (Å²) < 4.78 is 2.11. The van der Waals surface area contributed by atoms with Gasteiger partial charge in [0.25, 0.3) is 11.8 Å². The highest BCUT2D eigenvalue weighted by Crippen LogP contribution is 2.29. The first-order valence-corrected chi connectivity index (χ1v) is 10.5. The molecule has 0 N–H and O–H groups in total. The Kier molecular flexibility index (Phi) is 5.50. The van der Waals surface area contributed by atoms with E-state index in [0.717, 1.165) is 29.4 Å². The number of hydrogen-bond acceptors (Lipinski definition) is 3. The molecule has 1 aromatic heterocycles. The molecular formula is C24H23N3O2S. The molecule has 2 aromatic carbocycles. The molecule has 0 aliphatic carbocycles. The highest BCUT2D eigenvalue weighted by atomic mass is 32.1. The van der Waals surface area contributed by atoms with Crippen LogP contribution in [0.15, 0.2) is 66.4 Å². The van der Waals surface area contributed by atoms with Crippen LogP contribution in [0, 0.1) is 0 Å². The van der Waals surface area contributed by atoms with Crippen LogP contribution >= 0.6 is 12.2 Å². The van der Waals surface area contributed by atoms with Crippen molar-refractivity contribution >= 4 is 51.8 Å². The summed E-state index contributed by atoms with van der Waals surface area (Å²) in [5.41, 5.74) is 2.70. The summed E-state index contributed by atoms with van der Waals surface area (Å²) in [6.45, 7) is 5.31. The van der Waals surface area contributed by atoms with Crippen LogP contribution in [0.3, 0.4) is 0 Å². The zero-order chi connectivity index (χ0) is 21.3. The number of benzene rings is 2. The summed E-state index contributed by atoms with van der Waals surface area (Å²) in [5, 5.41) is 1.24. The highest BCUT2D eigenvalue weighted by Gasteiger charge is 2.39. The maximum Gasteiger partial charge on any atom is 0.270 e. The van der Waals surface area contributed by atoms with Gasteiger partial charge < -0.3 is 4.57 Å². The Balaban J connectivity index is 1.86. The molecule has 2 heterocycles. The number of aryl methyl sites for hydroxylation is 1. The van der Waals surface area contributed by atoms with Gasteiger partial charge in [0, 0.05) is 35.8 Å². The number of rotatable bonds is 5. The normalized spacial score (nSPS) is 16.2. The number of aromatic nitrogens is 1. The van der Waals surface area contributed by atoms with Gasteiger partial charge in [-0.15, -0.1) is 0 Å². The smallest absolute Gasteiger partial charge is 0.270 e. The van der Waals surface area contributed by atoms with E-state index >= 15 is 0 Å². The maximum absolute atomic E-state index is 13.4. The quantitative estimate of drug-likeness (QED) is 0.346. The van der Waals surface area contributed by atoms with Crippen molar-refractivity contribution in [3.05, 3.63) is 71.9 Å². The lowest BCUT2D eigenvalue weighted by Crippen LogP contribution is -2.56. The Morgan fingerprint density at radius 2 is 1.63 bits per heavy atom. The van der Waals surface area contributed by atoms with Crippen molar-refractivity contribution in [3.8, 4) is 0 Å². The van der Waals surface area contributed by atoms with E-state index in [1.807, 2.05) is 67.7 Å². The van der Waals surface area contributed by atoms with Crippen molar-refractivity contribution in [2.75, 3.05) is 11.4 Å².